The minimum absolute atomic E-state index is 0.0462. The Labute approximate surface area is 269 Å². The molecule has 8 nitrogen and oxygen atoms in total. The number of hydrogen-bond donors (Lipinski definition) is 1. The molecule has 1 saturated carbocycles. The quantitative estimate of drug-likeness (QED) is 0.232. The summed E-state index contributed by atoms with van der Waals surface area (Å²) < 4.78 is 58.6. The highest BCUT2D eigenvalue weighted by molar-refractivity contribution is 5.89. The minimum Gasteiger partial charge on any atom is -0.494 e. The number of aryl methyl sites for hydroxylation is 1. The van der Waals surface area contributed by atoms with Crippen molar-refractivity contribution >= 4 is 11.9 Å². The molecule has 1 aromatic carbocycles. The van der Waals surface area contributed by atoms with Crippen LogP contribution < -0.4 is 10.1 Å². The number of ether oxygens (including phenoxy) is 3. The van der Waals surface area contributed by atoms with Crippen molar-refractivity contribution in [2.45, 2.75) is 96.4 Å². The zero-order valence-electron chi connectivity index (χ0n) is 27.1. The van der Waals surface area contributed by atoms with Crippen LogP contribution in [0, 0.1) is 11.3 Å². The molecule has 1 N–H and O–H groups in total. The Bertz CT molecular complexity index is 1360. The number of unbranched alkanes of at least 4 members (excludes halogenated alkanes) is 1. The molecule has 1 amide bonds. The Morgan fingerprint density at radius 1 is 1.11 bits per heavy atom. The number of methoxy groups -OCH3 is 1. The van der Waals surface area contributed by atoms with E-state index in [1.54, 1.807) is 29.2 Å². The van der Waals surface area contributed by atoms with E-state index in [2.05, 4.69) is 28.9 Å². The molecule has 3 aliphatic rings. The molecule has 0 radical (unpaired) electrons. The van der Waals surface area contributed by atoms with Crippen LogP contribution in [-0.4, -0.2) is 67.3 Å². The Morgan fingerprint density at radius 2 is 1.85 bits per heavy atom. The average Bonchev–Trinajstić information content (AvgIpc) is 3.48. The zero-order chi connectivity index (χ0) is 32.9. The Balaban J connectivity index is 1.20. The second kappa shape index (κ2) is 14.7. The second-order valence-electron chi connectivity index (χ2n) is 13.2. The van der Waals surface area contributed by atoms with Crippen molar-refractivity contribution in [3.05, 3.63) is 58.4 Å². The number of benzene rings is 1. The number of hydrogen-bond acceptors (Lipinski definition) is 7. The van der Waals surface area contributed by atoms with Gasteiger partial charge in [0.1, 0.15) is 5.75 Å². The summed E-state index contributed by atoms with van der Waals surface area (Å²) in [6, 6.07) is 8.39. The number of carbonyl (C=O) groups is 2. The van der Waals surface area contributed by atoms with Crippen LogP contribution in [0.25, 0.3) is 0 Å². The molecule has 2 aliphatic heterocycles. The van der Waals surface area contributed by atoms with E-state index in [0.717, 1.165) is 45.3 Å². The van der Waals surface area contributed by atoms with E-state index in [1.807, 2.05) is 0 Å². The first-order valence-corrected chi connectivity index (χ1v) is 16.5. The summed E-state index contributed by atoms with van der Waals surface area (Å²) in [5.74, 6) is 0.307. The molecule has 252 valence electrons. The van der Waals surface area contributed by atoms with E-state index in [4.69, 9.17) is 9.47 Å². The minimum atomic E-state index is -4.55. The predicted octanol–water partition coefficient (Wildman–Crippen LogP) is 6.14. The molecule has 1 saturated heterocycles. The normalized spacial score (nSPS) is 22.2. The van der Waals surface area contributed by atoms with Crippen molar-refractivity contribution in [1.29, 1.82) is 0 Å². The van der Waals surface area contributed by atoms with E-state index >= 15 is 0 Å². The van der Waals surface area contributed by atoms with Gasteiger partial charge >= 0.3 is 12.1 Å². The number of nitrogens with one attached hydrogen (secondary N) is 1. The number of aromatic nitrogens is 1. The topological polar surface area (TPSA) is 90.0 Å². The van der Waals surface area contributed by atoms with Crippen molar-refractivity contribution < 1.29 is 37.0 Å². The predicted molar refractivity (Wildman–Crippen MR) is 166 cm³/mol. The number of alkyl halides is 3. The molecule has 46 heavy (non-hydrogen) atoms. The Hall–Kier alpha value is -3.18. The van der Waals surface area contributed by atoms with Gasteiger partial charge in [-0.05, 0) is 93.2 Å². The molecule has 0 unspecified atom stereocenters. The van der Waals surface area contributed by atoms with Crippen LogP contribution in [0.1, 0.15) is 91.7 Å². The third kappa shape index (κ3) is 7.85. The number of fused-ring (bicyclic) bond motifs is 1. The van der Waals surface area contributed by atoms with Crippen molar-refractivity contribution in [3.63, 3.8) is 0 Å². The summed E-state index contributed by atoms with van der Waals surface area (Å²) in [6.45, 7) is 6.63. The van der Waals surface area contributed by atoms with Crippen LogP contribution in [0.5, 0.6) is 5.75 Å². The van der Waals surface area contributed by atoms with Crippen LogP contribution in [0.2, 0.25) is 0 Å². The van der Waals surface area contributed by atoms with Gasteiger partial charge in [-0.3, -0.25) is 9.78 Å². The summed E-state index contributed by atoms with van der Waals surface area (Å²) in [5, 5.41) is 3.76. The molecule has 0 bridgehead atoms. The van der Waals surface area contributed by atoms with E-state index < -0.39 is 23.1 Å². The third-order valence-electron chi connectivity index (χ3n) is 9.97. The van der Waals surface area contributed by atoms with Gasteiger partial charge in [0, 0.05) is 50.5 Å². The van der Waals surface area contributed by atoms with Gasteiger partial charge in [0.25, 0.3) is 0 Å². The number of esters is 1. The second-order valence-corrected chi connectivity index (χ2v) is 13.2. The van der Waals surface area contributed by atoms with Gasteiger partial charge in [-0.1, -0.05) is 13.8 Å². The highest BCUT2D eigenvalue weighted by Gasteiger charge is 2.50. The molecule has 5 rings (SSSR count). The first-order chi connectivity index (χ1) is 22.0. The van der Waals surface area contributed by atoms with E-state index in [0.29, 0.717) is 61.0 Å². The fraction of sp³-hybridized carbons (Fsp3) is 0.629. The van der Waals surface area contributed by atoms with Crippen LogP contribution in [0.3, 0.4) is 0 Å². The van der Waals surface area contributed by atoms with Gasteiger partial charge < -0.3 is 24.4 Å². The van der Waals surface area contributed by atoms with Gasteiger partial charge in [-0.2, -0.15) is 13.2 Å². The largest absolute Gasteiger partial charge is 0.494 e. The SMILES string of the molecule is COC(=O)c1ccc(OCCCCc2nc3c(cc2C(F)(F)F)CN(C(=O)[C@@]2(C(C)C)CC[C@@H](NC4CCOCC4)C2)CC3)cc1. The Morgan fingerprint density at radius 3 is 2.52 bits per heavy atom. The molecule has 0 spiro atoms. The van der Waals surface area contributed by atoms with Gasteiger partial charge in [-0.25, -0.2) is 4.79 Å². The summed E-state index contributed by atoms with van der Waals surface area (Å²) in [6.07, 6.45) is 1.47. The maximum atomic E-state index is 14.2. The summed E-state index contributed by atoms with van der Waals surface area (Å²) >= 11 is 0. The number of rotatable bonds is 11. The lowest BCUT2D eigenvalue weighted by Crippen LogP contribution is -2.49. The highest BCUT2D eigenvalue weighted by Crippen LogP contribution is 2.47. The maximum absolute atomic E-state index is 14.2. The number of nitrogens with zero attached hydrogens (tertiary/aromatic N) is 2. The standard InChI is InChI=1S/C35H46F3N3O5/c1-23(2)34(15-11-27(21-34)39-26-13-18-45-19-14-26)33(43)41-16-12-30-25(22-41)20-29(35(36,37)38)31(40-30)6-4-5-17-46-28-9-7-24(8-10-28)32(42)44-3/h7-10,20,23,26-27,39H,4-6,11-19,21-22H2,1-3H3/t27-,34+/m1/s1. The van der Waals surface area contributed by atoms with Crippen molar-refractivity contribution in [3.8, 4) is 5.75 Å². The first-order valence-electron chi connectivity index (χ1n) is 16.5. The number of carbonyl (C=O) groups excluding carboxylic acids is 2. The molecule has 3 heterocycles. The molecule has 11 heteroatoms. The molecular weight excluding hydrogens is 599 g/mol. The fourth-order valence-electron chi connectivity index (χ4n) is 7.21. The van der Waals surface area contributed by atoms with Crippen LogP contribution in [-0.2, 0) is 39.8 Å². The first kappa shape index (κ1) is 34.2. The smallest absolute Gasteiger partial charge is 0.418 e. The molecule has 2 fully saturated rings. The number of pyridine rings is 1. The van der Waals surface area contributed by atoms with Gasteiger partial charge in [0.05, 0.1) is 36.0 Å². The lowest BCUT2D eigenvalue weighted by molar-refractivity contribution is -0.146. The molecular formula is C35H46F3N3O5. The van der Waals surface area contributed by atoms with E-state index in [-0.39, 0.29) is 36.5 Å². The third-order valence-corrected chi connectivity index (χ3v) is 9.97. The molecule has 1 aromatic heterocycles. The van der Waals surface area contributed by atoms with Gasteiger partial charge in [-0.15, -0.1) is 0 Å². The lowest BCUT2D eigenvalue weighted by Gasteiger charge is -2.40. The number of halogens is 3. The zero-order valence-corrected chi connectivity index (χ0v) is 27.1. The van der Waals surface area contributed by atoms with E-state index in [1.165, 1.54) is 13.2 Å². The van der Waals surface area contributed by atoms with Gasteiger partial charge in [0.15, 0.2) is 0 Å². The van der Waals surface area contributed by atoms with Crippen molar-refractivity contribution in [2.75, 3.05) is 33.5 Å². The van der Waals surface area contributed by atoms with Crippen molar-refractivity contribution in [1.82, 2.24) is 15.2 Å². The lowest BCUT2D eigenvalue weighted by atomic mass is 9.74. The number of amides is 1. The van der Waals surface area contributed by atoms with E-state index in [9.17, 15) is 22.8 Å². The fourth-order valence-corrected chi connectivity index (χ4v) is 7.21. The summed E-state index contributed by atoms with van der Waals surface area (Å²) in [5.41, 5.74) is 0.350. The average molecular weight is 646 g/mol. The Kier molecular flexibility index (Phi) is 10.9. The molecule has 2 atom stereocenters. The van der Waals surface area contributed by atoms with Gasteiger partial charge in [0.2, 0.25) is 5.91 Å². The van der Waals surface area contributed by atoms with Crippen molar-refractivity contribution in [2.24, 2.45) is 11.3 Å². The van der Waals surface area contributed by atoms with Crippen LogP contribution in [0.4, 0.5) is 13.2 Å². The molecule has 1 aliphatic carbocycles. The highest BCUT2D eigenvalue weighted by atomic mass is 19.4. The van der Waals surface area contributed by atoms with Crippen LogP contribution in [0.15, 0.2) is 30.3 Å². The summed E-state index contributed by atoms with van der Waals surface area (Å²) in [7, 11) is 1.31. The van der Waals surface area contributed by atoms with Crippen LogP contribution >= 0.6 is 0 Å². The summed E-state index contributed by atoms with van der Waals surface area (Å²) in [4.78, 5) is 32.0. The molecule has 2 aromatic rings. The maximum Gasteiger partial charge on any atom is 0.418 e. The monoisotopic (exact) mass is 645 g/mol.